The van der Waals surface area contributed by atoms with Gasteiger partial charge < -0.3 is 10.5 Å². The van der Waals surface area contributed by atoms with Gasteiger partial charge >= 0.3 is 5.97 Å². The average molecular weight is 290 g/mol. The van der Waals surface area contributed by atoms with Crippen molar-refractivity contribution in [1.29, 1.82) is 0 Å². The third-order valence-corrected chi connectivity index (χ3v) is 3.65. The number of hydrogen-bond donors (Lipinski definition) is 1. The lowest BCUT2D eigenvalue weighted by Crippen LogP contribution is -2.04. The Morgan fingerprint density at radius 2 is 2.17 bits per heavy atom. The maximum Gasteiger partial charge on any atom is 0.331 e. The van der Waals surface area contributed by atoms with Crippen LogP contribution >= 0.6 is 11.6 Å². The second-order valence-electron chi connectivity index (χ2n) is 3.28. The smallest absolute Gasteiger partial charge is 0.331 e. The van der Waals surface area contributed by atoms with Crippen LogP contribution in [0.4, 0.5) is 5.69 Å². The molecule has 0 amide bonds. The molecular formula is C11H12ClNO4S. The van der Waals surface area contributed by atoms with Gasteiger partial charge in [0.1, 0.15) is 0 Å². The first-order valence-electron chi connectivity index (χ1n) is 5.01. The Morgan fingerprint density at radius 3 is 2.78 bits per heavy atom. The van der Waals surface area contributed by atoms with Crippen molar-refractivity contribution in [2.24, 2.45) is 0 Å². The van der Waals surface area contributed by atoms with Crippen LogP contribution < -0.4 is 5.73 Å². The van der Waals surface area contributed by atoms with E-state index in [0.717, 1.165) is 11.5 Å². The van der Waals surface area contributed by atoms with Gasteiger partial charge in [-0.2, -0.15) is 0 Å². The van der Waals surface area contributed by atoms with E-state index in [1.165, 1.54) is 18.2 Å². The van der Waals surface area contributed by atoms with Gasteiger partial charge in [-0.3, -0.25) is 0 Å². The van der Waals surface area contributed by atoms with Crippen molar-refractivity contribution in [2.75, 3.05) is 12.3 Å². The van der Waals surface area contributed by atoms with Crippen molar-refractivity contribution < 1.29 is 17.9 Å². The van der Waals surface area contributed by atoms with Gasteiger partial charge in [-0.15, -0.1) is 0 Å². The highest BCUT2D eigenvalue weighted by atomic mass is 35.5. The minimum atomic E-state index is -3.82. The molecule has 98 valence electrons. The highest BCUT2D eigenvalue weighted by molar-refractivity contribution is 7.94. The molecule has 18 heavy (non-hydrogen) atoms. The number of benzene rings is 1. The minimum absolute atomic E-state index is 0.0629. The zero-order valence-corrected chi connectivity index (χ0v) is 11.2. The number of carbonyl (C=O) groups is 1. The van der Waals surface area contributed by atoms with Gasteiger partial charge in [0.05, 0.1) is 17.2 Å². The fourth-order valence-corrected chi connectivity index (χ4v) is 2.52. The van der Waals surface area contributed by atoms with E-state index in [4.69, 9.17) is 17.3 Å². The predicted molar refractivity (Wildman–Crippen MR) is 68.8 cm³/mol. The van der Waals surface area contributed by atoms with Crippen molar-refractivity contribution in [3.8, 4) is 0 Å². The van der Waals surface area contributed by atoms with Gasteiger partial charge in [-0.05, 0) is 25.1 Å². The van der Waals surface area contributed by atoms with Crippen molar-refractivity contribution >= 4 is 33.1 Å². The highest BCUT2D eigenvalue weighted by Gasteiger charge is 2.15. The molecule has 1 aromatic carbocycles. The van der Waals surface area contributed by atoms with Crippen LogP contribution in [-0.2, 0) is 19.4 Å². The number of esters is 1. The van der Waals surface area contributed by atoms with E-state index in [-0.39, 0.29) is 22.2 Å². The van der Waals surface area contributed by atoms with Crippen LogP contribution in [0.5, 0.6) is 0 Å². The van der Waals surface area contributed by atoms with E-state index < -0.39 is 15.8 Å². The number of anilines is 1. The van der Waals surface area contributed by atoms with Gasteiger partial charge in [-0.1, -0.05) is 11.6 Å². The maximum atomic E-state index is 11.9. The van der Waals surface area contributed by atoms with Crippen LogP contribution in [0.15, 0.2) is 34.6 Å². The van der Waals surface area contributed by atoms with E-state index >= 15 is 0 Å². The molecule has 0 bridgehead atoms. The number of nitrogens with two attached hydrogens (primary N) is 1. The maximum absolute atomic E-state index is 11.9. The van der Waals surface area contributed by atoms with Crippen LogP contribution in [-0.4, -0.2) is 21.0 Å². The Bertz CT molecular complexity index is 581. The van der Waals surface area contributed by atoms with Gasteiger partial charge in [0, 0.05) is 16.5 Å². The number of carbonyl (C=O) groups excluding carboxylic acids is 1. The molecule has 0 spiro atoms. The molecule has 0 saturated carbocycles. The molecule has 1 aromatic rings. The summed E-state index contributed by atoms with van der Waals surface area (Å²) < 4.78 is 28.3. The summed E-state index contributed by atoms with van der Waals surface area (Å²) in [6, 6.07) is 4.08. The van der Waals surface area contributed by atoms with Crippen molar-refractivity contribution in [3.05, 3.63) is 34.7 Å². The van der Waals surface area contributed by atoms with Crippen molar-refractivity contribution in [2.45, 2.75) is 11.8 Å². The standard InChI is InChI=1S/C11H12ClNO4S/c1-2-17-11(14)5-6-18(15,16)10-7-8(12)3-4-9(10)13/h3-7H,2,13H2,1H3/b6-5+. The summed E-state index contributed by atoms with van der Waals surface area (Å²) in [6.45, 7) is 1.79. The van der Waals surface area contributed by atoms with E-state index in [1.54, 1.807) is 6.92 Å². The van der Waals surface area contributed by atoms with Crippen LogP contribution in [0, 0.1) is 0 Å². The molecule has 0 heterocycles. The summed E-state index contributed by atoms with van der Waals surface area (Å²) in [4.78, 5) is 10.9. The lowest BCUT2D eigenvalue weighted by atomic mass is 10.3. The molecule has 0 aromatic heterocycles. The van der Waals surface area contributed by atoms with Crippen LogP contribution in [0.2, 0.25) is 5.02 Å². The first kappa shape index (κ1) is 14.5. The zero-order valence-electron chi connectivity index (χ0n) is 9.59. The largest absolute Gasteiger partial charge is 0.463 e. The normalized spacial score (nSPS) is 11.7. The summed E-state index contributed by atoms with van der Waals surface area (Å²) in [6.07, 6.45) is 0.833. The lowest BCUT2D eigenvalue weighted by Gasteiger charge is -2.04. The Balaban J connectivity index is 3.07. The molecule has 0 aliphatic rings. The zero-order chi connectivity index (χ0) is 13.8. The van der Waals surface area contributed by atoms with Gasteiger partial charge in [0.25, 0.3) is 0 Å². The third kappa shape index (κ3) is 3.75. The van der Waals surface area contributed by atoms with Gasteiger partial charge in [0.15, 0.2) is 0 Å². The van der Waals surface area contributed by atoms with Crippen LogP contribution in [0.3, 0.4) is 0 Å². The van der Waals surface area contributed by atoms with Crippen LogP contribution in [0.1, 0.15) is 6.92 Å². The molecular weight excluding hydrogens is 278 g/mol. The summed E-state index contributed by atoms with van der Waals surface area (Å²) in [5.74, 6) is -0.735. The SMILES string of the molecule is CCOC(=O)/C=C/S(=O)(=O)c1cc(Cl)ccc1N. The number of halogens is 1. The van der Waals surface area contributed by atoms with Crippen molar-refractivity contribution in [1.82, 2.24) is 0 Å². The van der Waals surface area contributed by atoms with Crippen LogP contribution in [0.25, 0.3) is 0 Å². The second-order valence-corrected chi connectivity index (χ2v) is 5.52. The molecule has 0 radical (unpaired) electrons. The highest BCUT2D eigenvalue weighted by Crippen LogP contribution is 2.24. The number of rotatable bonds is 4. The Labute approximate surface area is 110 Å². The summed E-state index contributed by atoms with van der Waals surface area (Å²) in [7, 11) is -3.82. The van der Waals surface area contributed by atoms with E-state index in [1.807, 2.05) is 0 Å². The lowest BCUT2D eigenvalue weighted by molar-refractivity contribution is -0.137. The predicted octanol–water partition coefficient (Wildman–Crippen LogP) is 1.77. The molecule has 0 fully saturated rings. The average Bonchev–Trinajstić information content (AvgIpc) is 2.30. The number of nitrogen functional groups attached to an aromatic ring is 1. The number of sulfone groups is 1. The van der Waals surface area contributed by atoms with E-state index in [2.05, 4.69) is 4.74 Å². The second kappa shape index (κ2) is 5.88. The fraction of sp³-hybridized carbons (Fsp3) is 0.182. The summed E-state index contributed by atoms with van der Waals surface area (Å²) in [5, 5.41) is 0.986. The van der Waals surface area contributed by atoms with Crippen molar-refractivity contribution in [3.63, 3.8) is 0 Å². The Kier molecular flexibility index (Phi) is 4.75. The third-order valence-electron chi connectivity index (χ3n) is 1.95. The first-order valence-corrected chi connectivity index (χ1v) is 6.94. The van der Waals surface area contributed by atoms with Gasteiger partial charge in [-0.25, -0.2) is 13.2 Å². The number of ether oxygens (including phenoxy) is 1. The molecule has 5 nitrogen and oxygen atoms in total. The molecule has 0 aliphatic carbocycles. The fourth-order valence-electron chi connectivity index (χ4n) is 1.16. The first-order chi connectivity index (χ1) is 8.36. The molecule has 0 unspecified atom stereocenters. The quantitative estimate of drug-likeness (QED) is 0.518. The van der Waals surface area contributed by atoms with E-state index in [9.17, 15) is 13.2 Å². The minimum Gasteiger partial charge on any atom is -0.463 e. The monoisotopic (exact) mass is 289 g/mol. The molecule has 2 N–H and O–H groups in total. The van der Waals surface area contributed by atoms with E-state index in [0.29, 0.717) is 0 Å². The molecule has 1 rings (SSSR count). The Morgan fingerprint density at radius 1 is 1.50 bits per heavy atom. The van der Waals surface area contributed by atoms with Gasteiger partial charge in [0.2, 0.25) is 9.84 Å². The number of hydrogen-bond acceptors (Lipinski definition) is 5. The summed E-state index contributed by atoms with van der Waals surface area (Å²) in [5.41, 5.74) is 5.62. The molecule has 0 saturated heterocycles. The Hall–Kier alpha value is -1.53. The molecule has 0 atom stereocenters. The molecule has 7 heteroatoms. The topological polar surface area (TPSA) is 86.5 Å². The molecule has 0 aliphatic heterocycles. The summed E-state index contributed by atoms with van der Waals surface area (Å²) >= 11 is 5.70.